The Kier molecular flexibility index (Phi) is 3.72. The number of hydrogen-bond acceptors (Lipinski definition) is 4. The maximum atomic E-state index is 13.1. The zero-order chi connectivity index (χ0) is 17.7. The van der Waals surface area contributed by atoms with Crippen LogP contribution < -0.4 is 4.90 Å². The van der Waals surface area contributed by atoms with Gasteiger partial charge in [-0.25, -0.2) is 4.90 Å². The quantitative estimate of drug-likeness (QED) is 0.728. The van der Waals surface area contributed by atoms with Crippen LogP contribution in [0.4, 0.5) is 5.69 Å². The molecular formula is C19H15BrN2O3. The second-order valence-electron chi connectivity index (χ2n) is 6.24. The highest BCUT2D eigenvalue weighted by Crippen LogP contribution is 2.37. The lowest BCUT2D eigenvalue weighted by molar-refractivity contribution is -0.126. The highest BCUT2D eigenvalue weighted by Gasteiger charge is 2.56. The summed E-state index contributed by atoms with van der Waals surface area (Å²) >= 11 is 3.39. The van der Waals surface area contributed by atoms with Crippen molar-refractivity contribution in [2.24, 2.45) is 11.1 Å². The molecule has 0 bridgehead atoms. The van der Waals surface area contributed by atoms with E-state index in [1.54, 1.807) is 0 Å². The number of aryl methyl sites for hydroxylation is 2. The van der Waals surface area contributed by atoms with Gasteiger partial charge in [0.15, 0.2) is 0 Å². The van der Waals surface area contributed by atoms with Crippen molar-refractivity contribution >= 4 is 39.1 Å². The molecule has 1 fully saturated rings. The third-order valence-electron chi connectivity index (χ3n) is 4.62. The van der Waals surface area contributed by atoms with E-state index in [-0.39, 0.29) is 11.8 Å². The fourth-order valence-electron chi connectivity index (χ4n) is 3.42. The Morgan fingerprint density at radius 3 is 2.28 bits per heavy atom. The Balaban J connectivity index is 1.75. The summed E-state index contributed by atoms with van der Waals surface area (Å²) in [4.78, 5) is 32.5. The number of rotatable bonds is 2. The van der Waals surface area contributed by atoms with E-state index >= 15 is 0 Å². The van der Waals surface area contributed by atoms with Gasteiger partial charge in [-0.15, -0.1) is 0 Å². The third kappa shape index (κ3) is 2.40. The minimum absolute atomic E-state index is 0.286. The van der Waals surface area contributed by atoms with Crippen LogP contribution in [0, 0.1) is 19.8 Å². The Morgan fingerprint density at radius 2 is 1.64 bits per heavy atom. The van der Waals surface area contributed by atoms with Crippen LogP contribution in [-0.2, 0) is 14.4 Å². The van der Waals surface area contributed by atoms with Crippen molar-refractivity contribution < 1.29 is 14.4 Å². The molecule has 0 N–H and O–H groups in total. The van der Waals surface area contributed by atoms with E-state index in [4.69, 9.17) is 4.84 Å². The molecule has 1 saturated heterocycles. The molecule has 0 unspecified atom stereocenters. The predicted octanol–water partition coefficient (Wildman–Crippen LogP) is 3.36. The van der Waals surface area contributed by atoms with Gasteiger partial charge in [-0.2, -0.15) is 0 Å². The average molecular weight is 399 g/mol. The first-order valence-corrected chi connectivity index (χ1v) is 8.72. The summed E-state index contributed by atoms with van der Waals surface area (Å²) in [5.41, 5.74) is 3.68. The van der Waals surface area contributed by atoms with Crippen LogP contribution in [0.25, 0.3) is 0 Å². The Labute approximate surface area is 153 Å². The Morgan fingerprint density at radius 1 is 1.00 bits per heavy atom. The lowest BCUT2D eigenvalue weighted by Gasteiger charge is -2.20. The first-order valence-electron chi connectivity index (χ1n) is 7.92. The second kappa shape index (κ2) is 5.81. The maximum Gasteiger partial charge on any atom is 0.278 e. The molecule has 0 aromatic heterocycles. The zero-order valence-corrected chi connectivity index (χ0v) is 15.3. The molecule has 0 spiro atoms. The van der Waals surface area contributed by atoms with Crippen LogP contribution in [0.15, 0.2) is 52.1 Å². The first-order chi connectivity index (χ1) is 12.0. The fourth-order valence-corrected chi connectivity index (χ4v) is 3.68. The normalized spacial score (nSPS) is 22.0. The maximum absolute atomic E-state index is 13.1. The second-order valence-corrected chi connectivity index (χ2v) is 7.16. The van der Waals surface area contributed by atoms with Gasteiger partial charge in [0.2, 0.25) is 12.0 Å². The molecule has 2 atom stereocenters. The number of carbonyl (C=O) groups excluding carboxylic acids is 2. The highest BCUT2D eigenvalue weighted by molar-refractivity contribution is 9.10. The zero-order valence-electron chi connectivity index (χ0n) is 13.7. The lowest BCUT2D eigenvalue weighted by Crippen LogP contribution is -2.34. The van der Waals surface area contributed by atoms with Gasteiger partial charge >= 0.3 is 0 Å². The molecule has 25 heavy (non-hydrogen) atoms. The van der Waals surface area contributed by atoms with Crippen LogP contribution in [0.1, 0.15) is 16.7 Å². The minimum Gasteiger partial charge on any atom is -0.381 e. The summed E-state index contributed by atoms with van der Waals surface area (Å²) in [6.45, 7) is 3.78. The number of amides is 2. The summed E-state index contributed by atoms with van der Waals surface area (Å²) in [6.07, 6.45) is -0.884. The molecule has 0 aliphatic carbocycles. The molecule has 4 rings (SSSR count). The van der Waals surface area contributed by atoms with Crippen LogP contribution in [0.3, 0.4) is 0 Å². The number of benzene rings is 2. The van der Waals surface area contributed by atoms with Crippen LogP contribution in [0.2, 0.25) is 0 Å². The monoisotopic (exact) mass is 398 g/mol. The van der Waals surface area contributed by atoms with Crippen molar-refractivity contribution in [2.45, 2.75) is 20.0 Å². The Bertz CT molecular complexity index is 901. The first kappa shape index (κ1) is 16.0. The largest absolute Gasteiger partial charge is 0.381 e. The Hall–Kier alpha value is -2.47. The van der Waals surface area contributed by atoms with Gasteiger partial charge in [0, 0.05) is 10.0 Å². The summed E-state index contributed by atoms with van der Waals surface area (Å²) in [5, 5.41) is 4.03. The number of hydrogen-bond donors (Lipinski definition) is 0. The van der Waals surface area contributed by atoms with E-state index < -0.39 is 12.0 Å². The van der Waals surface area contributed by atoms with E-state index in [2.05, 4.69) is 21.1 Å². The van der Waals surface area contributed by atoms with Gasteiger partial charge in [0.1, 0.15) is 11.6 Å². The number of carbonyl (C=O) groups is 2. The van der Waals surface area contributed by atoms with Gasteiger partial charge < -0.3 is 4.84 Å². The number of anilines is 1. The molecule has 2 aliphatic heterocycles. The van der Waals surface area contributed by atoms with Crippen molar-refractivity contribution in [3.8, 4) is 0 Å². The molecule has 2 heterocycles. The molecule has 6 heteroatoms. The van der Waals surface area contributed by atoms with E-state index in [0.29, 0.717) is 11.4 Å². The van der Waals surface area contributed by atoms with Crippen molar-refractivity contribution in [1.82, 2.24) is 0 Å². The number of halogens is 1. The molecule has 126 valence electrons. The molecule has 5 nitrogen and oxygen atoms in total. The number of imide groups is 1. The van der Waals surface area contributed by atoms with E-state index in [9.17, 15) is 9.59 Å². The number of nitrogens with zero attached hydrogens (tertiary/aromatic N) is 2. The van der Waals surface area contributed by atoms with E-state index in [0.717, 1.165) is 21.2 Å². The molecule has 2 aromatic carbocycles. The topological polar surface area (TPSA) is 59.0 Å². The van der Waals surface area contributed by atoms with Crippen molar-refractivity contribution in [3.63, 3.8) is 0 Å². The molecular weight excluding hydrogens is 384 g/mol. The fraction of sp³-hybridized carbons (Fsp3) is 0.211. The molecule has 0 radical (unpaired) electrons. The molecule has 2 aliphatic rings. The molecule has 0 saturated carbocycles. The number of oxime groups is 1. The van der Waals surface area contributed by atoms with Crippen molar-refractivity contribution in [2.75, 3.05) is 4.90 Å². The number of para-hydroxylation sites is 1. The van der Waals surface area contributed by atoms with Gasteiger partial charge in [-0.1, -0.05) is 51.4 Å². The van der Waals surface area contributed by atoms with Crippen LogP contribution in [0.5, 0.6) is 0 Å². The summed E-state index contributed by atoms with van der Waals surface area (Å²) in [7, 11) is 0. The molecule has 2 aromatic rings. The predicted molar refractivity (Wildman–Crippen MR) is 97.5 cm³/mol. The van der Waals surface area contributed by atoms with Gasteiger partial charge in [0.05, 0.1) is 5.69 Å². The molecule has 2 amide bonds. The van der Waals surface area contributed by atoms with Gasteiger partial charge in [0.25, 0.3) is 5.91 Å². The average Bonchev–Trinajstić information content (AvgIpc) is 3.11. The van der Waals surface area contributed by atoms with Gasteiger partial charge in [-0.3, -0.25) is 9.59 Å². The minimum atomic E-state index is -0.884. The smallest absolute Gasteiger partial charge is 0.278 e. The van der Waals surface area contributed by atoms with Crippen LogP contribution >= 0.6 is 15.9 Å². The summed E-state index contributed by atoms with van der Waals surface area (Å²) in [6, 6.07) is 13.1. The lowest BCUT2D eigenvalue weighted by atomic mass is 9.94. The highest BCUT2D eigenvalue weighted by atomic mass is 79.9. The van der Waals surface area contributed by atoms with Crippen molar-refractivity contribution in [3.05, 3.63) is 63.6 Å². The van der Waals surface area contributed by atoms with E-state index in [1.807, 2.05) is 56.3 Å². The third-order valence-corrected chi connectivity index (χ3v) is 5.14. The van der Waals surface area contributed by atoms with Crippen molar-refractivity contribution in [1.29, 1.82) is 0 Å². The summed E-state index contributed by atoms with van der Waals surface area (Å²) in [5.74, 6) is -1.34. The SMILES string of the molecule is Cc1cccc(C)c1N1C(=O)[C@@H]2C(c3ccc(Br)cc3)=NO[C@@H]2C1=O. The summed E-state index contributed by atoms with van der Waals surface area (Å²) < 4.78 is 0.929. The van der Waals surface area contributed by atoms with E-state index in [1.165, 1.54) is 4.90 Å². The van der Waals surface area contributed by atoms with Gasteiger partial charge in [-0.05, 0) is 37.1 Å². The standard InChI is InChI=1S/C19H15BrN2O3/c1-10-4-3-5-11(2)16(10)22-18(23)14-15(21-25-17(14)19(22)24)12-6-8-13(20)9-7-12/h3-9,14,17H,1-2H3/t14-,17+/m1/s1. The number of fused-ring (bicyclic) bond motifs is 1. The van der Waals surface area contributed by atoms with Crippen LogP contribution in [-0.4, -0.2) is 23.6 Å².